The number of hydrogen-bond donors (Lipinski definition) is 1. The molecule has 0 heterocycles. The first-order chi connectivity index (χ1) is 8.61. The summed E-state index contributed by atoms with van der Waals surface area (Å²) in [5.41, 5.74) is 8.16. The second-order valence-corrected chi connectivity index (χ2v) is 4.26. The lowest BCUT2D eigenvalue weighted by Gasteiger charge is -2.09. The molecule has 2 nitrogen and oxygen atoms in total. The Morgan fingerprint density at radius 2 is 1.74 bits per heavy atom. The minimum Gasteiger partial charge on any atom is -0.497 e. The van der Waals surface area contributed by atoms with Crippen LogP contribution < -0.4 is 10.5 Å². The standard InChI is InChI=1S/C15H16FNO.ClH/c1-10(17)11-3-5-12(6-4-11)14-9-13(18-2)7-8-15(14)16;/h3-10H,17H2,1-2H3;1H. The summed E-state index contributed by atoms with van der Waals surface area (Å²) in [6.45, 7) is 1.92. The van der Waals surface area contributed by atoms with Gasteiger partial charge < -0.3 is 10.5 Å². The molecule has 0 amide bonds. The van der Waals surface area contributed by atoms with Crippen LogP contribution in [0.25, 0.3) is 11.1 Å². The maximum absolute atomic E-state index is 13.8. The Morgan fingerprint density at radius 3 is 2.26 bits per heavy atom. The lowest BCUT2D eigenvalue weighted by molar-refractivity contribution is 0.414. The van der Waals surface area contributed by atoms with Crippen LogP contribution in [0.5, 0.6) is 5.75 Å². The summed E-state index contributed by atoms with van der Waals surface area (Å²) in [6.07, 6.45) is 0. The van der Waals surface area contributed by atoms with Gasteiger partial charge in [0.25, 0.3) is 0 Å². The predicted octanol–water partition coefficient (Wildman–Crippen LogP) is 3.94. The largest absolute Gasteiger partial charge is 0.497 e. The Kier molecular flexibility index (Phi) is 5.33. The van der Waals surface area contributed by atoms with E-state index in [2.05, 4.69) is 0 Å². The third kappa shape index (κ3) is 3.46. The topological polar surface area (TPSA) is 35.2 Å². The zero-order valence-electron chi connectivity index (χ0n) is 10.9. The molecule has 0 aliphatic rings. The molecule has 1 atom stereocenters. The molecular formula is C15H17ClFNO. The number of halogens is 2. The van der Waals surface area contributed by atoms with Crippen LogP contribution in [-0.2, 0) is 0 Å². The molecule has 0 aliphatic heterocycles. The Labute approximate surface area is 118 Å². The summed E-state index contributed by atoms with van der Waals surface area (Å²) in [6, 6.07) is 12.3. The zero-order chi connectivity index (χ0) is 13.1. The smallest absolute Gasteiger partial charge is 0.131 e. The maximum Gasteiger partial charge on any atom is 0.131 e. The van der Waals surface area contributed by atoms with Crippen molar-refractivity contribution < 1.29 is 9.13 Å². The van der Waals surface area contributed by atoms with Crippen molar-refractivity contribution in [3.8, 4) is 16.9 Å². The van der Waals surface area contributed by atoms with Gasteiger partial charge >= 0.3 is 0 Å². The van der Waals surface area contributed by atoms with Gasteiger partial charge in [-0.15, -0.1) is 12.4 Å². The van der Waals surface area contributed by atoms with E-state index in [-0.39, 0.29) is 24.3 Å². The van der Waals surface area contributed by atoms with Crippen molar-refractivity contribution in [2.24, 2.45) is 5.73 Å². The van der Waals surface area contributed by atoms with E-state index in [1.165, 1.54) is 6.07 Å². The van der Waals surface area contributed by atoms with Gasteiger partial charge in [0.15, 0.2) is 0 Å². The molecule has 4 heteroatoms. The Bertz CT molecular complexity index is 540. The molecule has 0 aromatic heterocycles. The summed E-state index contributed by atoms with van der Waals surface area (Å²) >= 11 is 0. The lowest BCUT2D eigenvalue weighted by Crippen LogP contribution is -2.04. The van der Waals surface area contributed by atoms with E-state index in [4.69, 9.17) is 10.5 Å². The minimum absolute atomic E-state index is 0. The van der Waals surface area contributed by atoms with Crippen LogP contribution in [0.1, 0.15) is 18.5 Å². The highest BCUT2D eigenvalue weighted by molar-refractivity contribution is 5.85. The predicted molar refractivity (Wildman–Crippen MR) is 78.2 cm³/mol. The summed E-state index contributed by atoms with van der Waals surface area (Å²) < 4.78 is 18.9. The Hall–Kier alpha value is -1.58. The third-order valence-corrected chi connectivity index (χ3v) is 2.92. The van der Waals surface area contributed by atoms with Crippen LogP contribution in [0.3, 0.4) is 0 Å². The van der Waals surface area contributed by atoms with Crippen molar-refractivity contribution in [3.05, 3.63) is 53.8 Å². The molecule has 1 unspecified atom stereocenters. The molecule has 0 radical (unpaired) electrons. The zero-order valence-corrected chi connectivity index (χ0v) is 11.7. The van der Waals surface area contributed by atoms with Crippen molar-refractivity contribution in [2.75, 3.05) is 7.11 Å². The van der Waals surface area contributed by atoms with E-state index in [1.54, 1.807) is 19.2 Å². The normalized spacial score (nSPS) is 11.6. The first-order valence-electron chi connectivity index (χ1n) is 5.81. The highest BCUT2D eigenvalue weighted by Gasteiger charge is 2.07. The highest BCUT2D eigenvalue weighted by atomic mass is 35.5. The third-order valence-electron chi connectivity index (χ3n) is 2.92. The van der Waals surface area contributed by atoms with Crippen LogP contribution in [0.4, 0.5) is 4.39 Å². The van der Waals surface area contributed by atoms with Crippen molar-refractivity contribution in [1.82, 2.24) is 0 Å². The van der Waals surface area contributed by atoms with E-state index in [0.717, 1.165) is 11.1 Å². The summed E-state index contributed by atoms with van der Waals surface area (Å²) in [5.74, 6) is 0.381. The minimum atomic E-state index is -0.260. The number of hydrogen-bond acceptors (Lipinski definition) is 2. The molecule has 102 valence electrons. The van der Waals surface area contributed by atoms with E-state index >= 15 is 0 Å². The van der Waals surface area contributed by atoms with Crippen LogP contribution in [0, 0.1) is 5.82 Å². The lowest BCUT2D eigenvalue weighted by atomic mass is 10.0. The molecule has 19 heavy (non-hydrogen) atoms. The van der Waals surface area contributed by atoms with Crippen LogP contribution in [0.2, 0.25) is 0 Å². The van der Waals surface area contributed by atoms with Gasteiger partial charge in [-0.05, 0) is 36.2 Å². The summed E-state index contributed by atoms with van der Waals surface area (Å²) in [7, 11) is 1.57. The van der Waals surface area contributed by atoms with Gasteiger partial charge in [0.2, 0.25) is 0 Å². The van der Waals surface area contributed by atoms with E-state index in [0.29, 0.717) is 11.3 Å². The van der Waals surface area contributed by atoms with Gasteiger partial charge in [-0.1, -0.05) is 24.3 Å². The quantitative estimate of drug-likeness (QED) is 0.925. The van der Waals surface area contributed by atoms with Gasteiger partial charge in [0.1, 0.15) is 11.6 Å². The fourth-order valence-corrected chi connectivity index (χ4v) is 1.82. The van der Waals surface area contributed by atoms with Crippen LogP contribution in [-0.4, -0.2) is 7.11 Å². The molecule has 2 aromatic carbocycles. The Morgan fingerprint density at radius 1 is 1.11 bits per heavy atom. The van der Waals surface area contributed by atoms with Crippen molar-refractivity contribution in [1.29, 1.82) is 0 Å². The number of benzene rings is 2. The maximum atomic E-state index is 13.8. The van der Waals surface area contributed by atoms with Crippen LogP contribution in [0.15, 0.2) is 42.5 Å². The SMILES string of the molecule is COc1ccc(F)c(-c2ccc(C(C)N)cc2)c1.Cl. The fourth-order valence-electron chi connectivity index (χ4n) is 1.82. The molecule has 0 fully saturated rings. The van der Waals surface area contributed by atoms with Gasteiger partial charge in [-0.25, -0.2) is 4.39 Å². The van der Waals surface area contributed by atoms with Gasteiger partial charge in [0.05, 0.1) is 7.11 Å². The molecule has 0 saturated carbocycles. The Balaban J connectivity index is 0.00000180. The van der Waals surface area contributed by atoms with Crippen LogP contribution >= 0.6 is 12.4 Å². The van der Waals surface area contributed by atoms with E-state index in [1.807, 2.05) is 31.2 Å². The molecule has 0 bridgehead atoms. The molecular weight excluding hydrogens is 265 g/mol. The van der Waals surface area contributed by atoms with Crippen molar-refractivity contribution >= 4 is 12.4 Å². The first kappa shape index (κ1) is 15.5. The number of ether oxygens (including phenoxy) is 1. The fraction of sp³-hybridized carbons (Fsp3) is 0.200. The monoisotopic (exact) mass is 281 g/mol. The van der Waals surface area contributed by atoms with Crippen molar-refractivity contribution in [2.45, 2.75) is 13.0 Å². The second kappa shape index (κ2) is 6.55. The van der Waals surface area contributed by atoms with Gasteiger partial charge in [-0.3, -0.25) is 0 Å². The number of methoxy groups -OCH3 is 1. The molecule has 0 spiro atoms. The van der Waals surface area contributed by atoms with Crippen molar-refractivity contribution in [3.63, 3.8) is 0 Å². The second-order valence-electron chi connectivity index (χ2n) is 4.26. The molecule has 2 rings (SSSR count). The molecule has 2 aromatic rings. The molecule has 0 aliphatic carbocycles. The van der Waals surface area contributed by atoms with E-state index < -0.39 is 0 Å². The first-order valence-corrected chi connectivity index (χ1v) is 5.81. The average molecular weight is 282 g/mol. The summed E-state index contributed by atoms with van der Waals surface area (Å²) in [5, 5.41) is 0. The summed E-state index contributed by atoms with van der Waals surface area (Å²) in [4.78, 5) is 0. The molecule has 0 saturated heterocycles. The number of nitrogens with two attached hydrogens (primary N) is 1. The van der Waals surface area contributed by atoms with Gasteiger partial charge in [0, 0.05) is 11.6 Å². The van der Waals surface area contributed by atoms with Gasteiger partial charge in [-0.2, -0.15) is 0 Å². The highest BCUT2D eigenvalue weighted by Crippen LogP contribution is 2.27. The molecule has 2 N–H and O–H groups in total. The average Bonchev–Trinajstić information content (AvgIpc) is 2.39. The number of rotatable bonds is 3. The van der Waals surface area contributed by atoms with E-state index in [9.17, 15) is 4.39 Å².